The molecule has 1 unspecified atom stereocenters. The lowest BCUT2D eigenvalue weighted by molar-refractivity contribution is -0.125. The van der Waals surface area contributed by atoms with E-state index in [-0.39, 0.29) is 23.1 Å². The molecule has 3 rings (SSSR count). The van der Waals surface area contributed by atoms with E-state index in [1.165, 1.54) is 31.1 Å². The summed E-state index contributed by atoms with van der Waals surface area (Å²) in [5.74, 6) is 0.0909. The van der Waals surface area contributed by atoms with Crippen molar-refractivity contribution in [2.75, 3.05) is 5.32 Å². The Morgan fingerprint density at radius 1 is 1.19 bits per heavy atom. The lowest BCUT2D eigenvalue weighted by Gasteiger charge is -2.32. The summed E-state index contributed by atoms with van der Waals surface area (Å²) in [4.78, 5) is 38.2. The van der Waals surface area contributed by atoms with Crippen molar-refractivity contribution in [2.24, 2.45) is 5.92 Å². The molecule has 5 nitrogen and oxygen atoms in total. The van der Waals surface area contributed by atoms with Crippen LogP contribution >= 0.6 is 11.8 Å². The highest BCUT2D eigenvalue weighted by molar-refractivity contribution is 8.18. The average Bonchev–Trinajstić information content (AvgIpc) is 2.90. The third-order valence-corrected chi connectivity index (χ3v) is 5.98. The number of hydrogen-bond donors (Lipinski definition) is 1. The van der Waals surface area contributed by atoms with E-state index >= 15 is 0 Å². The monoisotopic (exact) mass is 372 g/mol. The molecule has 2 fully saturated rings. The summed E-state index contributed by atoms with van der Waals surface area (Å²) in [5, 5.41) is 2.53. The van der Waals surface area contributed by atoms with Crippen molar-refractivity contribution in [1.29, 1.82) is 0 Å². The van der Waals surface area contributed by atoms with Gasteiger partial charge in [0.25, 0.3) is 11.1 Å². The van der Waals surface area contributed by atoms with Crippen molar-refractivity contribution >= 4 is 40.6 Å². The van der Waals surface area contributed by atoms with Crippen molar-refractivity contribution in [3.8, 4) is 0 Å². The number of amides is 3. The van der Waals surface area contributed by atoms with Crippen LogP contribution in [0.3, 0.4) is 0 Å². The van der Waals surface area contributed by atoms with Gasteiger partial charge in [-0.3, -0.25) is 19.3 Å². The van der Waals surface area contributed by atoms with Crippen molar-refractivity contribution < 1.29 is 14.4 Å². The second-order valence-electron chi connectivity index (χ2n) is 6.99. The lowest BCUT2D eigenvalue weighted by Crippen LogP contribution is -2.42. The molecule has 1 saturated heterocycles. The molecule has 0 aromatic heterocycles. The first-order chi connectivity index (χ1) is 12.5. The highest BCUT2D eigenvalue weighted by Gasteiger charge is 2.40. The van der Waals surface area contributed by atoms with Crippen molar-refractivity contribution in [3.63, 3.8) is 0 Å². The minimum Gasteiger partial charge on any atom is -0.326 e. The van der Waals surface area contributed by atoms with Crippen LogP contribution < -0.4 is 5.32 Å². The molecule has 0 radical (unpaired) electrons. The smallest absolute Gasteiger partial charge is 0.293 e. The minimum absolute atomic E-state index is 0.0455. The third-order valence-electron chi connectivity index (χ3n) is 5.09. The van der Waals surface area contributed by atoms with Gasteiger partial charge in [-0.1, -0.05) is 31.4 Å². The number of thioether (sulfide) groups is 1. The number of benzene rings is 1. The van der Waals surface area contributed by atoms with Gasteiger partial charge in [0.2, 0.25) is 5.91 Å². The van der Waals surface area contributed by atoms with Gasteiger partial charge in [0.15, 0.2) is 0 Å². The summed E-state index contributed by atoms with van der Waals surface area (Å²) >= 11 is 1.01. The van der Waals surface area contributed by atoms with Crippen molar-refractivity contribution in [1.82, 2.24) is 4.90 Å². The molecule has 0 spiro atoms. The van der Waals surface area contributed by atoms with E-state index in [4.69, 9.17) is 0 Å². The number of nitrogens with one attached hydrogen (secondary N) is 1. The van der Waals surface area contributed by atoms with Crippen molar-refractivity contribution in [3.05, 3.63) is 34.7 Å². The summed E-state index contributed by atoms with van der Waals surface area (Å²) in [6.07, 6.45) is 7.54. The fraction of sp³-hybridized carbons (Fsp3) is 0.450. The molecule has 1 aromatic carbocycles. The molecule has 1 heterocycles. The zero-order chi connectivity index (χ0) is 18.7. The first-order valence-corrected chi connectivity index (χ1v) is 9.92. The topological polar surface area (TPSA) is 66.5 Å². The van der Waals surface area contributed by atoms with Gasteiger partial charge in [0.05, 0.1) is 4.91 Å². The summed E-state index contributed by atoms with van der Waals surface area (Å²) in [6.45, 7) is 3.45. The summed E-state index contributed by atoms with van der Waals surface area (Å²) in [7, 11) is 0. The van der Waals surface area contributed by atoms with Crippen LogP contribution in [0.15, 0.2) is 29.2 Å². The first-order valence-electron chi connectivity index (χ1n) is 9.10. The van der Waals surface area contributed by atoms with Gasteiger partial charge >= 0.3 is 0 Å². The second kappa shape index (κ2) is 8.08. The van der Waals surface area contributed by atoms with Crippen LogP contribution in [0, 0.1) is 5.92 Å². The Bertz CT molecular complexity index is 736. The Hall–Kier alpha value is -2.08. The average molecular weight is 372 g/mol. The number of hydrogen-bond acceptors (Lipinski definition) is 4. The van der Waals surface area contributed by atoms with Gasteiger partial charge in [-0.05, 0) is 61.2 Å². The number of anilines is 1. The second-order valence-corrected chi connectivity index (χ2v) is 7.99. The number of carbonyl (C=O) groups is 3. The van der Waals surface area contributed by atoms with Gasteiger partial charge in [-0.15, -0.1) is 0 Å². The molecule has 1 aliphatic heterocycles. The maximum Gasteiger partial charge on any atom is 0.293 e. The third kappa shape index (κ3) is 4.18. The van der Waals surface area contributed by atoms with Crippen LogP contribution in [0.2, 0.25) is 0 Å². The predicted octanol–water partition coefficient (Wildman–Crippen LogP) is 4.65. The molecule has 3 amide bonds. The standard InChI is InChI=1S/C20H24N2O3S/c1-13(16-6-4-3-5-7-16)22-19(24)18(26-20(22)25)12-15-8-10-17(11-9-15)21-14(2)23/h8-13,16H,3-7H2,1-2H3,(H,21,23)/b18-12-. The molecule has 138 valence electrons. The fourth-order valence-corrected chi connectivity index (χ4v) is 4.59. The SMILES string of the molecule is CC(=O)Nc1ccc(/C=C2\SC(=O)N(C(C)C3CCCCC3)C2=O)cc1. The van der Waals surface area contributed by atoms with E-state index in [0.29, 0.717) is 16.5 Å². The minimum atomic E-state index is -0.191. The van der Waals surface area contributed by atoms with Crippen LogP contribution in [-0.4, -0.2) is 28.0 Å². The molecule has 1 aromatic rings. The highest BCUT2D eigenvalue weighted by atomic mass is 32.2. The lowest BCUT2D eigenvalue weighted by atomic mass is 9.84. The summed E-state index contributed by atoms with van der Waals surface area (Å²) in [5.41, 5.74) is 1.53. The zero-order valence-electron chi connectivity index (χ0n) is 15.2. The number of imide groups is 1. The van der Waals surface area contributed by atoms with E-state index in [2.05, 4.69) is 5.32 Å². The fourth-order valence-electron chi connectivity index (χ4n) is 3.68. The van der Waals surface area contributed by atoms with Gasteiger partial charge in [-0.25, -0.2) is 0 Å². The highest BCUT2D eigenvalue weighted by Crippen LogP contribution is 2.38. The number of rotatable bonds is 4. The molecule has 2 aliphatic rings. The number of carbonyl (C=O) groups excluding carboxylic acids is 3. The van der Waals surface area contributed by atoms with Gasteiger partial charge in [0.1, 0.15) is 0 Å². The van der Waals surface area contributed by atoms with Gasteiger partial charge in [-0.2, -0.15) is 0 Å². The molecule has 0 bridgehead atoms. The zero-order valence-corrected chi connectivity index (χ0v) is 16.0. The van der Waals surface area contributed by atoms with Gasteiger partial charge in [0, 0.05) is 18.7 Å². The van der Waals surface area contributed by atoms with Crippen LogP contribution in [0.5, 0.6) is 0 Å². The molecule has 6 heteroatoms. The maximum atomic E-state index is 12.8. The van der Waals surface area contributed by atoms with Crippen LogP contribution in [0.1, 0.15) is 51.5 Å². The van der Waals surface area contributed by atoms with E-state index < -0.39 is 0 Å². The molecular weight excluding hydrogens is 348 g/mol. The Balaban J connectivity index is 1.73. The quantitative estimate of drug-likeness (QED) is 0.781. The maximum absolute atomic E-state index is 12.8. The van der Waals surface area contributed by atoms with E-state index in [9.17, 15) is 14.4 Å². The Morgan fingerprint density at radius 2 is 1.85 bits per heavy atom. The summed E-state index contributed by atoms with van der Waals surface area (Å²) < 4.78 is 0. The predicted molar refractivity (Wildman–Crippen MR) is 105 cm³/mol. The molecule has 1 aliphatic carbocycles. The number of nitrogens with zero attached hydrogens (tertiary/aromatic N) is 1. The summed E-state index contributed by atoms with van der Waals surface area (Å²) in [6, 6.07) is 7.16. The molecule has 1 atom stereocenters. The molecular formula is C20H24N2O3S. The Kier molecular flexibility index (Phi) is 5.81. The first kappa shape index (κ1) is 18.7. The molecule has 26 heavy (non-hydrogen) atoms. The molecule has 1 saturated carbocycles. The van der Waals surface area contributed by atoms with Crippen LogP contribution in [0.4, 0.5) is 10.5 Å². The van der Waals surface area contributed by atoms with Crippen LogP contribution in [0.25, 0.3) is 6.08 Å². The van der Waals surface area contributed by atoms with Crippen molar-refractivity contribution in [2.45, 2.75) is 52.0 Å². The van der Waals surface area contributed by atoms with Crippen LogP contribution in [-0.2, 0) is 9.59 Å². The van der Waals surface area contributed by atoms with E-state index in [1.807, 2.05) is 19.1 Å². The largest absolute Gasteiger partial charge is 0.326 e. The van der Waals surface area contributed by atoms with Gasteiger partial charge < -0.3 is 5.32 Å². The normalized spacial score (nSPS) is 21.3. The van der Waals surface area contributed by atoms with E-state index in [1.54, 1.807) is 18.2 Å². The Labute approximate surface area is 158 Å². The van der Waals surface area contributed by atoms with E-state index in [0.717, 1.165) is 30.2 Å². The molecule has 1 N–H and O–H groups in total. The Morgan fingerprint density at radius 3 is 2.46 bits per heavy atom.